The number of carbonyl (C=O) groups excluding carboxylic acids is 1. The fraction of sp³-hybridized carbons (Fsp3) is 0.190. The molecule has 0 spiro atoms. The molecule has 1 amide bonds. The number of halogens is 1. The Balaban J connectivity index is 1.97. The third-order valence-corrected chi connectivity index (χ3v) is 4.71. The number of nitrogens with zero attached hydrogens (tertiary/aromatic N) is 1. The lowest BCUT2D eigenvalue weighted by Crippen LogP contribution is -2.14. The minimum absolute atomic E-state index is 0.229. The zero-order chi connectivity index (χ0) is 19.6. The molecule has 1 heterocycles. The molecule has 2 aromatic carbocycles. The predicted molar refractivity (Wildman–Crippen MR) is 108 cm³/mol. The molecule has 1 aromatic heterocycles. The van der Waals surface area contributed by atoms with E-state index in [1.165, 1.54) is 14.2 Å². The van der Waals surface area contributed by atoms with Crippen molar-refractivity contribution in [2.45, 2.75) is 13.8 Å². The average molecular weight is 385 g/mol. The minimum atomic E-state index is -0.229. The van der Waals surface area contributed by atoms with Crippen molar-refractivity contribution in [1.29, 1.82) is 0 Å². The van der Waals surface area contributed by atoms with E-state index in [9.17, 15) is 4.79 Å². The van der Waals surface area contributed by atoms with Crippen LogP contribution in [0.25, 0.3) is 5.69 Å². The Morgan fingerprint density at radius 3 is 2.30 bits per heavy atom. The topological polar surface area (TPSA) is 52.5 Å². The number of methoxy groups -OCH3 is 2. The highest BCUT2D eigenvalue weighted by atomic mass is 35.5. The Morgan fingerprint density at radius 1 is 1.00 bits per heavy atom. The first-order chi connectivity index (χ1) is 13.0. The smallest absolute Gasteiger partial charge is 0.257 e. The van der Waals surface area contributed by atoms with Gasteiger partial charge in [0.2, 0.25) is 0 Å². The number of ether oxygens (including phenoxy) is 2. The van der Waals surface area contributed by atoms with Gasteiger partial charge in [-0.1, -0.05) is 29.8 Å². The van der Waals surface area contributed by atoms with Crippen LogP contribution in [-0.4, -0.2) is 24.7 Å². The lowest BCUT2D eigenvalue weighted by Gasteiger charge is -2.13. The summed E-state index contributed by atoms with van der Waals surface area (Å²) in [4.78, 5) is 12.9. The molecule has 3 rings (SSSR count). The predicted octanol–water partition coefficient (Wildman–Crippen LogP) is 5.02. The normalized spacial score (nSPS) is 10.6. The maximum atomic E-state index is 12.9. The number of nitrogens with one attached hydrogen (secondary N) is 1. The second kappa shape index (κ2) is 7.76. The maximum Gasteiger partial charge on any atom is 0.257 e. The Kier molecular flexibility index (Phi) is 5.42. The van der Waals surface area contributed by atoms with Crippen molar-refractivity contribution in [3.63, 3.8) is 0 Å². The van der Waals surface area contributed by atoms with E-state index in [2.05, 4.69) is 9.88 Å². The summed E-state index contributed by atoms with van der Waals surface area (Å²) in [6.07, 6.45) is 0. The van der Waals surface area contributed by atoms with Crippen LogP contribution in [0.4, 0.5) is 5.69 Å². The quantitative estimate of drug-likeness (QED) is 0.672. The molecule has 27 heavy (non-hydrogen) atoms. The van der Waals surface area contributed by atoms with E-state index in [1.807, 2.05) is 50.2 Å². The number of amides is 1. The van der Waals surface area contributed by atoms with E-state index >= 15 is 0 Å². The zero-order valence-corrected chi connectivity index (χ0v) is 16.4. The van der Waals surface area contributed by atoms with Gasteiger partial charge in [0.1, 0.15) is 11.5 Å². The van der Waals surface area contributed by atoms with Gasteiger partial charge in [-0.3, -0.25) is 4.79 Å². The first-order valence-electron chi connectivity index (χ1n) is 8.43. The summed E-state index contributed by atoms with van der Waals surface area (Å²) < 4.78 is 12.6. The summed E-state index contributed by atoms with van der Waals surface area (Å²) in [5.41, 5.74) is 3.93. The largest absolute Gasteiger partial charge is 0.495 e. The lowest BCUT2D eigenvalue weighted by atomic mass is 10.2. The molecule has 0 fully saturated rings. The Bertz CT molecular complexity index is 981. The van der Waals surface area contributed by atoms with Crippen LogP contribution >= 0.6 is 11.6 Å². The number of rotatable bonds is 5. The van der Waals surface area contributed by atoms with Gasteiger partial charge in [-0.2, -0.15) is 0 Å². The van der Waals surface area contributed by atoms with Gasteiger partial charge in [0.15, 0.2) is 0 Å². The number of para-hydroxylation sites is 1. The van der Waals surface area contributed by atoms with Gasteiger partial charge in [-0.25, -0.2) is 0 Å². The Labute approximate surface area is 163 Å². The maximum absolute atomic E-state index is 12.9. The second-order valence-corrected chi connectivity index (χ2v) is 6.50. The van der Waals surface area contributed by atoms with Crippen molar-refractivity contribution in [2.24, 2.45) is 0 Å². The summed E-state index contributed by atoms with van der Waals surface area (Å²) in [7, 11) is 3.04. The van der Waals surface area contributed by atoms with Gasteiger partial charge >= 0.3 is 0 Å². The van der Waals surface area contributed by atoms with Crippen molar-refractivity contribution in [2.75, 3.05) is 19.5 Å². The van der Waals surface area contributed by atoms with E-state index < -0.39 is 0 Å². The van der Waals surface area contributed by atoms with Crippen molar-refractivity contribution in [1.82, 2.24) is 4.57 Å². The fourth-order valence-electron chi connectivity index (χ4n) is 3.11. The molecule has 3 aromatic rings. The molecule has 0 atom stereocenters. The molecule has 0 aliphatic rings. The van der Waals surface area contributed by atoms with Gasteiger partial charge in [-0.05, 0) is 32.0 Å². The van der Waals surface area contributed by atoms with E-state index in [0.717, 1.165) is 17.1 Å². The van der Waals surface area contributed by atoms with Crippen LogP contribution in [0.5, 0.6) is 11.5 Å². The van der Waals surface area contributed by atoms with Crippen LogP contribution in [0.3, 0.4) is 0 Å². The molecule has 0 radical (unpaired) electrons. The summed E-state index contributed by atoms with van der Waals surface area (Å²) in [6.45, 7) is 3.90. The molecule has 0 saturated heterocycles. The van der Waals surface area contributed by atoms with Crippen LogP contribution in [-0.2, 0) is 0 Å². The third kappa shape index (κ3) is 3.64. The highest BCUT2D eigenvalue weighted by molar-refractivity contribution is 6.32. The first-order valence-corrected chi connectivity index (χ1v) is 8.81. The van der Waals surface area contributed by atoms with Gasteiger partial charge in [-0.15, -0.1) is 0 Å². The van der Waals surface area contributed by atoms with Crippen LogP contribution in [0.15, 0.2) is 48.5 Å². The number of benzene rings is 2. The second-order valence-electron chi connectivity index (χ2n) is 6.10. The highest BCUT2D eigenvalue weighted by Crippen LogP contribution is 2.36. The van der Waals surface area contributed by atoms with Gasteiger partial charge in [0.05, 0.1) is 30.5 Å². The molecule has 140 valence electrons. The van der Waals surface area contributed by atoms with Gasteiger partial charge in [0, 0.05) is 29.2 Å². The van der Waals surface area contributed by atoms with Crippen LogP contribution in [0.2, 0.25) is 5.02 Å². The van der Waals surface area contributed by atoms with Crippen molar-refractivity contribution in [3.8, 4) is 17.2 Å². The zero-order valence-electron chi connectivity index (χ0n) is 15.7. The number of anilines is 1. The van der Waals surface area contributed by atoms with Crippen molar-refractivity contribution < 1.29 is 14.3 Å². The summed E-state index contributed by atoms with van der Waals surface area (Å²) in [6, 6.07) is 15.1. The van der Waals surface area contributed by atoms with Gasteiger partial charge in [0.25, 0.3) is 5.91 Å². The number of aryl methyl sites for hydroxylation is 1. The monoisotopic (exact) mass is 384 g/mol. The number of hydrogen-bond acceptors (Lipinski definition) is 3. The molecular formula is C21H21ClN2O3. The number of hydrogen-bond donors (Lipinski definition) is 1. The van der Waals surface area contributed by atoms with E-state index in [0.29, 0.717) is 27.8 Å². The Morgan fingerprint density at radius 2 is 1.67 bits per heavy atom. The molecule has 0 aliphatic carbocycles. The minimum Gasteiger partial charge on any atom is -0.495 e. The van der Waals surface area contributed by atoms with E-state index in [1.54, 1.807) is 12.1 Å². The molecule has 0 unspecified atom stereocenters. The average Bonchev–Trinajstić information content (AvgIpc) is 2.97. The van der Waals surface area contributed by atoms with Crippen molar-refractivity contribution >= 4 is 23.2 Å². The molecule has 0 aliphatic heterocycles. The van der Waals surface area contributed by atoms with E-state index in [4.69, 9.17) is 21.1 Å². The highest BCUT2D eigenvalue weighted by Gasteiger charge is 2.19. The lowest BCUT2D eigenvalue weighted by molar-refractivity contribution is 0.102. The molecule has 1 N–H and O–H groups in total. The summed E-state index contributed by atoms with van der Waals surface area (Å²) in [5, 5.41) is 3.31. The molecular weight excluding hydrogens is 364 g/mol. The third-order valence-electron chi connectivity index (χ3n) is 4.41. The van der Waals surface area contributed by atoms with E-state index in [-0.39, 0.29) is 5.91 Å². The SMILES string of the molecule is COc1cc(NC(=O)c2cc(C)n(-c3ccccc3)c2C)c(OC)cc1Cl. The Hall–Kier alpha value is -2.92. The molecule has 6 heteroatoms. The fourth-order valence-corrected chi connectivity index (χ4v) is 3.35. The van der Waals surface area contributed by atoms with Gasteiger partial charge < -0.3 is 19.4 Å². The molecule has 5 nitrogen and oxygen atoms in total. The number of aromatic nitrogens is 1. The summed E-state index contributed by atoms with van der Waals surface area (Å²) >= 11 is 6.13. The number of carbonyl (C=O) groups is 1. The van der Waals surface area contributed by atoms with Crippen LogP contribution in [0, 0.1) is 13.8 Å². The van der Waals surface area contributed by atoms with Crippen molar-refractivity contribution in [3.05, 3.63) is 70.5 Å². The summed E-state index contributed by atoms with van der Waals surface area (Å²) in [5.74, 6) is 0.696. The molecule has 0 bridgehead atoms. The van der Waals surface area contributed by atoms with Crippen LogP contribution in [0.1, 0.15) is 21.7 Å². The standard InChI is InChI=1S/C21H21ClN2O3/c1-13-10-16(14(2)24(13)15-8-6-5-7-9-15)21(25)23-18-12-19(26-3)17(22)11-20(18)27-4/h5-12H,1-4H3,(H,23,25). The first kappa shape index (κ1) is 18.9. The molecule has 0 saturated carbocycles. The van der Waals surface area contributed by atoms with Crippen LogP contribution < -0.4 is 14.8 Å².